The van der Waals surface area contributed by atoms with Crippen LogP contribution in [0.3, 0.4) is 0 Å². The van der Waals surface area contributed by atoms with Gasteiger partial charge in [0.1, 0.15) is 5.52 Å². The van der Waals surface area contributed by atoms with E-state index in [1.165, 1.54) is 0 Å². The van der Waals surface area contributed by atoms with Crippen molar-refractivity contribution in [2.24, 2.45) is 5.73 Å². The number of aromatic nitrogens is 3. The van der Waals surface area contributed by atoms with Crippen LogP contribution < -0.4 is 5.73 Å². The normalized spacial score (nSPS) is 11.2. The third-order valence-electron chi connectivity index (χ3n) is 2.73. The molecule has 3 N–H and O–H groups in total. The highest BCUT2D eigenvalue weighted by atomic mass is 16.3. The van der Waals surface area contributed by atoms with Crippen molar-refractivity contribution in [3.05, 3.63) is 36.0 Å². The molecule has 3 rings (SSSR count). The summed E-state index contributed by atoms with van der Waals surface area (Å²) < 4.78 is 5.51. The zero-order valence-corrected chi connectivity index (χ0v) is 9.40. The molecule has 0 amide bonds. The average molecular weight is 228 g/mol. The minimum Gasteiger partial charge on any atom is -0.441 e. The zero-order valence-electron chi connectivity index (χ0n) is 9.40. The van der Waals surface area contributed by atoms with Gasteiger partial charge < -0.3 is 10.2 Å². The third-order valence-corrected chi connectivity index (χ3v) is 2.73. The van der Waals surface area contributed by atoms with Gasteiger partial charge in [-0.05, 0) is 17.7 Å². The van der Waals surface area contributed by atoms with E-state index >= 15 is 0 Å². The molecule has 86 valence electrons. The van der Waals surface area contributed by atoms with E-state index in [2.05, 4.69) is 15.2 Å². The number of hydrogen-bond donors (Lipinski definition) is 2. The van der Waals surface area contributed by atoms with Gasteiger partial charge in [-0.25, -0.2) is 4.98 Å². The van der Waals surface area contributed by atoms with Gasteiger partial charge in [0.15, 0.2) is 11.5 Å². The number of rotatable bonds is 2. The lowest BCUT2D eigenvalue weighted by atomic mass is 10.1. The summed E-state index contributed by atoms with van der Waals surface area (Å²) in [5, 5.41) is 6.89. The Balaban J connectivity index is 2.17. The Kier molecular flexibility index (Phi) is 2.19. The Hall–Kier alpha value is -2.14. The minimum atomic E-state index is 0.433. The molecular formula is C12H12N4O. The summed E-state index contributed by atoms with van der Waals surface area (Å²) in [6.45, 7) is 2.27. The second-order valence-corrected chi connectivity index (χ2v) is 3.88. The van der Waals surface area contributed by atoms with E-state index in [-0.39, 0.29) is 0 Å². The highest BCUT2D eigenvalue weighted by molar-refractivity contribution is 5.80. The number of benzene rings is 1. The molecule has 0 fully saturated rings. The Morgan fingerprint density at radius 1 is 1.41 bits per heavy atom. The number of nitrogens with two attached hydrogens (primary N) is 1. The second-order valence-electron chi connectivity index (χ2n) is 3.88. The molecule has 0 unspecified atom stereocenters. The number of oxazole rings is 1. The van der Waals surface area contributed by atoms with Crippen molar-refractivity contribution in [1.29, 1.82) is 0 Å². The van der Waals surface area contributed by atoms with Crippen LogP contribution in [0.1, 0.15) is 11.6 Å². The lowest BCUT2D eigenvalue weighted by Crippen LogP contribution is -1.98. The molecule has 17 heavy (non-hydrogen) atoms. The van der Waals surface area contributed by atoms with Gasteiger partial charge in [-0.15, -0.1) is 0 Å². The predicted octanol–water partition coefficient (Wildman–Crippen LogP) is 1.99. The molecule has 5 nitrogen and oxygen atoms in total. The first-order valence-corrected chi connectivity index (χ1v) is 5.38. The van der Waals surface area contributed by atoms with E-state index in [4.69, 9.17) is 10.2 Å². The van der Waals surface area contributed by atoms with Crippen molar-refractivity contribution in [3.63, 3.8) is 0 Å². The summed E-state index contributed by atoms with van der Waals surface area (Å²) in [4.78, 5) is 4.26. The lowest BCUT2D eigenvalue weighted by molar-refractivity contribution is 0.561. The van der Waals surface area contributed by atoms with Gasteiger partial charge in [-0.3, -0.25) is 5.10 Å². The zero-order chi connectivity index (χ0) is 11.8. The van der Waals surface area contributed by atoms with Crippen LogP contribution in [0.5, 0.6) is 0 Å². The SMILES string of the molecule is Cc1nc2ccc(-c3cn[nH]c3CN)cc2o1. The predicted molar refractivity (Wildman–Crippen MR) is 64.2 cm³/mol. The van der Waals surface area contributed by atoms with E-state index in [0.29, 0.717) is 12.4 Å². The number of H-pyrrole nitrogens is 1. The summed E-state index contributed by atoms with van der Waals surface area (Å²) >= 11 is 0. The Labute approximate surface area is 97.7 Å². The quantitative estimate of drug-likeness (QED) is 0.702. The van der Waals surface area contributed by atoms with Gasteiger partial charge in [0, 0.05) is 19.0 Å². The first-order chi connectivity index (χ1) is 8.28. The molecule has 0 saturated heterocycles. The number of fused-ring (bicyclic) bond motifs is 1. The number of nitrogens with one attached hydrogen (secondary N) is 1. The molecule has 5 heteroatoms. The first kappa shape index (κ1) is 10.0. The highest BCUT2D eigenvalue weighted by Crippen LogP contribution is 2.26. The molecule has 0 saturated carbocycles. The van der Waals surface area contributed by atoms with E-state index < -0.39 is 0 Å². The summed E-state index contributed by atoms with van der Waals surface area (Å²) in [6, 6.07) is 5.89. The topological polar surface area (TPSA) is 80.7 Å². The average Bonchev–Trinajstić information content (AvgIpc) is 2.91. The van der Waals surface area contributed by atoms with Crippen LogP contribution in [0.4, 0.5) is 0 Å². The molecule has 0 aliphatic heterocycles. The van der Waals surface area contributed by atoms with Crippen molar-refractivity contribution in [1.82, 2.24) is 15.2 Å². The van der Waals surface area contributed by atoms with Crippen LogP contribution in [0.2, 0.25) is 0 Å². The molecule has 0 bridgehead atoms. The summed E-state index contributed by atoms with van der Waals surface area (Å²) in [5.41, 5.74) is 10.2. The Morgan fingerprint density at radius 2 is 2.29 bits per heavy atom. The summed E-state index contributed by atoms with van der Waals surface area (Å²) in [5.74, 6) is 0.670. The third kappa shape index (κ3) is 1.60. The van der Waals surface area contributed by atoms with Crippen LogP contribution >= 0.6 is 0 Å². The van der Waals surface area contributed by atoms with Gasteiger partial charge >= 0.3 is 0 Å². The van der Waals surface area contributed by atoms with Crippen molar-refractivity contribution in [2.45, 2.75) is 13.5 Å². The van der Waals surface area contributed by atoms with Crippen molar-refractivity contribution >= 4 is 11.1 Å². The number of hydrogen-bond acceptors (Lipinski definition) is 4. The Morgan fingerprint density at radius 3 is 3.12 bits per heavy atom. The van der Waals surface area contributed by atoms with Gasteiger partial charge in [-0.2, -0.15) is 5.10 Å². The molecule has 0 radical (unpaired) electrons. The molecule has 0 spiro atoms. The maximum atomic E-state index is 5.64. The molecule has 1 aromatic carbocycles. The number of nitrogens with zero attached hydrogens (tertiary/aromatic N) is 2. The van der Waals surface area contributed by atoms with Crippen LogP contribution in [-0.2, 0) is 6.54 Å². The molecule has 2 aromatic heterocycles. The molecule has 0 aliphatic rings. The van der Waals surface area contributed by atoms with Gasteiger partial charge in [0.25, 0.3) is 0 Å². The van der Waals surface area contributed by atoms with Crippen LogP contribution in [0.15, 0.2) is 28.8 Å². The number of aromatic amines is 1. The second kappa shape index (κ2) is 3.71. The molecule has 0 aliphatic carbocycles. The molecule has 3 aromatic rings. The maximum Gasteiger partial charge on any atom is 0.192 e. The minimum absolute atomic E-state index is 0.433. The molecule has 2 heterocycles. The lowest BCUT2D eigenvalue weighted by Gasteiger charge is -2.00. The summed E-state index contributed by atoms with van der Waals surface area (Å²) in [6.07, 6.45) is 1.77. The van der Waals surface area contributed by atoms with Crippen LogP contribution in [0, 0.1) is 6.92 Å². The van der Waals surface area contributed by atoms with E-state index in [0.717, 1.165) is 27.9 Å². The van der Waals surface area contributed by atoms with Crippen molar-refractivity contribution in [2.75, 3.05) is 0 Å². The van der Waals surface area contributed by atoms with E-state index in [9.17, 15) is 0 Å². The Bertz CT molecular complexity index is 668. The molecule has 0 atom stereocenters. The van der Waals surface area contributed by atoms with Crippen LogP contribution in [-0.4, -0.2) is 15.2 Å². The standard InChI is InChI=1S/C12H12N4O/c1-7-15-10-3-2-8(4-12(10)17-7)9-6-14-16-11(9)5-13/h2-4,6H,5,13H2,1H3,(H,14,16). The molecular weight excluding hydrogens is 216 g/mol. The van der Waals surface area contributed by atoms with Gasteiger partial charge in [-0.1, -0.05) is 6.07 Å². The summed E-state index contributed by atoms with van der Waals surface area (Å²) in [7, 11) is 0. The largest absolute Gasteiger partial charge is 0.441 e. The van der Waals surface area contributed by atoms with Crippen molar-refractivity contribution < 1.29 is 4.42 Å². The highest BCUT2D eigenvalue weighted by Gasteiger charge is 2.09. The number of aryl methyl sites for hydroxylation is 1. The fraction of sp³-hybridized carbons (Fsp3) is 0.167. The smallest absolute Gasteiger partial charge is 0.192 e. The first-order valence-electron chi connectivity index (χ1n) is 5.38. The van der Waals surface area contributed by atoms with E-state index in [1.54, 1.807) is 6.20 Å². The fourth-order valence-electron chi connectivity index (χ4n) is 1.92. The van der Waals surface area contributed by atoms with Crippen molar-refractivity contribution in [3.8, 4) is 11.1 Å². The van der Waals surface area contributed by atoms with E-state index in [1.807, 2.05) is 25.1 Å². The fourth-order valence-corrected chi connectivity index (χ4v) is 1.92. The van der Waals surface area contributed by atoms with Gasteiger partial charge in [0.2, 0.25) is 0 Å². The van der Waals surface area contributed by atoms with Gasteiger partial charge in [0.05, 0.1) is 11.9 Å². The van der Waals surface area contributed by atoms with Crippen LogP contribution in [0.25, 0.3) is 22.2 Å². The maximum absolute atomic E-state index is 5.64. The monoisotopic (exact) mass is 228 g/mol.